The van der Waals surface area contributed by atoms with E-state index in [1.807, 2.05) is 18.2 Å². The number of rotatable bonds is 10. The number of benzene rings is 2. The van der Waals surface area contributed by atoms with Gasteiger partial charge in [0.15, 0.2) is 5.96 Å². The van der Waals surface area contributed by atoms with Crippen molar-refractivity contribution in [1.29, 1.82) is 0 Å². The van der Waals surface area contributed by atoms with Crippen LogP contribution in [0.15, 0.2) is 53.5 Å². The maximum absolute atomic E-state index is 5.68. The Bertz CT molecular complexity index is 801. The van der Waals surface area contributed by atoms with Gasteiger partial charge in [0.1, 0.15) is 12.4 Å². The summed E-state index contributed by atoms with van der Waals surface area (Å²) in [5.74, 6) is 1.63. The highest BCUT2D eigenvalue weighted by molar-refractivity contribution is 5.79. The molecule has 6 nitrogen and oxygen atoms in total. The lowest BCUT2D eigenvalue weighted by Gasteiger charge is -2.26. The van der Waals surface area contributed by atoms with Crippen LogP contribution in [-0.4, -0.2) is 51.3 Å². The van der Waals surface area contributed by atoms with Crippen LogP contribution in [0.2, 0.25) is 0 Å². The molecule has 1 aliphatic rings. The molecule has 0 aromatic heterocycles. The van der Waals surface area contributed by atoms with E-state index in [2.05, 4.69) is 50.9 Å². The molecule has 31 heavy (non-hydrogen) atoms. The number of piperidine rings is 1. The number of ether oxygens (including phenoxy) is 2. The lowest BCUT2D eigenvalue weighted by atomic mass is 10.1. The number of aliphatic imine (C=N–C) groups is 1. The third-order valence-corrected chi connectivity index (χ3v) is 5.48. The van der Waals surface area contributed by atoms with Crippen molar-refractivity contribution in [1.82, 2.24) is 15.5 Å². The highest BCUT2D eigenvalue weighted by Crippen LogP contribution is 2.14. The third kappa shape index (κ3) is 8.23. The lowest BCUT2D eigenvalue weighted by Crippen LogP contribution is -2.36. The third-order valence-electron chi connectivity index (χ3n) is 5.48. The van der Waals surface area contributed by atoms with Crippen LogP contribution in [0.1, 0.15) is 36.0 Å². The molecule has 2 aromatic carbocycles. The van der Waals surface area contributed by atoms with Gasteiger partial charge in [0.25, 0.3) is 0 Å². The van der Waals surface area contributed by atoms with E-state index in [1.54, 1.807) is 14.2 Å². The van der Waals surface area contributed by atoms with Crippen LogP contribution in [0.5, 0.6) is 5.75 Å². The Balaban J connectivity index is 1.42. The van der Waals surface area contributed by atoms with E-state index < -0.39 is 0 Å². The standard InChI is InChI=1S/C25H36N4O2/c1-26-25(28-19-23-7-6-8-24(17-23)31-16-15-30-2)27-18-21-9-11-22(12-10-21)20-29-13-4-3-5-14-29/h6-12,17H,3-5,13-16,18-20H2,1-2H3,(H2,26,27,28). The van der Waals surface area contributed by atoms with Gasteiger partial charge in [0.2, 0.25) is 0 Å². The van der Waals surface area contributed by atoms with Crippen molar-refractivity contribution >= 4 is 5.96 Å². The van der Waals surface area contributed by atoms with E-state index >= 15 is 0 Å². The summed E-state index contributed by atoms with van der Waals surface area (Å²) >= 11 is 0. The lowest BCUT2D eigenvalue weighted by molar-refractivity contribution is 0.146. The molecule has 2 aromatic rings. The predicted molar refractivity (Wildman–Crippen MR) is 126 cm³/mol. The number of hydrogen-bond donors (Lipinski definition) is 2. The Morgan fingerprint density at radius 3 is 2.32 bits per heavy atom. The van der Waals surface area contributed by atoms with Crippen LogP contribution in [0.25, 0.3) is 0 Å². The van der Waals surface area contributed by atoms with Crippen LogP contribution in [0, 0.1) is 0 Å². The van der Waals surface area contributed by atoms with Crippen molar-refractivity contribution in [3.8, 4) is 5.75 Å². The molecule has 0 bridgehead atoms. The first-order valence-electron chi connectivity index (χ1n) is 11.2. The average Bonchev–Trinajstić information content (AvgIpc) is 2.81. The second kappa shape index (κ2) is 13.0. The molecule has 2 N–H and O–H groups in total. The van der Waals surface area contributed by atoms with Crippen molar-refractivity contribution in [3.63, 3.8) is 0 Å². The second-order valence-corrected chi connectivity index (χ2v) is 7.92. The molecular formula is C25H36N4O2. The van der Waals surface area contributed by atoms with Gasteiger partial charge in [-0.25, -0.2) is 0 Å². The van der Waals surface area contributed by atoms with Crippen molar-refractivity contribution in [3.05, 3.63) is 65.2 Å². The predicted octanol–water partition coefficient (Wildman–Crippen LogP) is 3.56. The Morgan fingerprint density at radius 2 is 1.61 bits per heavy atom. The smallest absolute Gasteiger partial charge is 0.191 e. The van der Waals surface area contributed by atoms with E-state index in [9.17, 15) is 0 Å². The number of nitrogens with zero attached hydrogens (tertiary/aromatic N) is 2. The Hall–Kier alpha value is -2.57. The van der Waals surface area contributed by atoms with Gasteiger partial charge < -0.3 is 20.1 Å². The molecule has 0 saturated carbocycles. The number of guanidine groups is 1. The molecule has 0 radical (unpaired) electrons. The molecular weight excluding hydrogens is 388 g/mol. The topological polar surface area (TPSA) is 58.1 Å². The Morgan fingerprint density at radius 1 is 0.903 bits per heavy atom. The summed E-state index contributed by atoms with van der Waals surface area (Å²) in [5, 5.41) is 6.76. The van der Waals surface area contributed by atoms with E-state index in [-0.39, 0.29) is 0 Å². The zero-order valence-corrected chi connectivity index (χ0v) is 18.9. The maximum atomic E-state index is 5.68. The van der Waals surface area contributed by atoms with E-state index in [1.165, 1.54) is 43.5 Å². The number of hydrogen-bond acceptors (Lipinski definition) is 4. The largest absolute Gasteiger partial charge is 0.491 e. The summed E-state index contributed by atoms with van der Waals surface area (Å²) in [7, 11) is 3.47. The first-order valence-corrected chi connectivity index (χ1v) is 11.2. The highest BCUT2D eigenvalue weighted by atomic mass is 16.5. The van der Waals surface area contributed by atoms with E-state index in [4.69, 9.17) is 9.47 Å². The molecule has 0 unspecified atom stereocenters. The minimum atomic E-state index is 0.549. The van der Waals surface area contributed by atoms with Crippen LogP contribution in [0.3, 0.4) is 0 Å². The number of methoxy groups -OCH3 is 1. The van der Waals surface area contributed by atoms with E-state index in [0.29, 0.717) is 19.8 Å². The Kier molecular flexibility index (Phi) is 9.67. The zero-order valence-electron chi connectivity index (χ0n) is 18.9. The normalized spacial score (nSPS) is 15.0. The molecule has 1 heterocycles. The summed E-state index contributed by atoms with van der Waals surface area (Å²) in [4.78, 5) is 6.89. The molecule has 0 atom stereocenters. The molecule has 0 spiro atoms. The molecule has 168 valence electrons. The summed E-state index contributed by atoms with van der Waals surface area (Å²) < 4.78 is 10.7. The summed E-state index contributed by atoms with van der Waals surface area (Å²) in [6.07, 6.45) is 4.04. The fourth-order valence-electron chi connectivity index (χ4n) is 3.72. The van der Waals surface area contributed by atoms with Gasteiger partial charge >= 0.3 is 0 Å². The van der Waals surface area contributed by atoms with Gasteiger partial charge in [-0.05, 0) is 54.8 Å². The van der Waals surface area contributed by atoms with Crippen molar-refractivity contribution in [2.24, 2.45) is 4.99 Å². The monoisotopic (exact) mass is 424 g/mol. The fraction of sp³-hybridized carbons (Fsp3) is 0.480. The molecule has 1 fully saturated rings. The van der Waals surface area contributed by atoms with Gasteiger partial charge in [-0.15, -0.1) is 0 Å². The minimum Gasteiger partial charge on any atom is -0.491 e. The van der Waals surface area contributed by atoms with Gasteiger partial charge in [-0.1, -0.05) is 42.8 Å². The van der Waals surface area contributed by atoms with Gasteiger partial charge in [-0.2, -0.15) is 0 Å². The molecule has 1 aliphatic heterocycles. The first-order chi connectivity index (χ1) is 15.3. The number of nitrogens with one attached hydrogen (secondary N) is 2. The van der Waals surface area contributed by atoms with Crippen molar-refractivity contribution < 1.29 is 9.47 Å². The minimum absolute atomic E-state index is 0.549. The van der Waals surface area contributed by atoms with Crippen molar-refractivity contribution in [2.45, 2.75) is 38.9 Å². The SMILES string of the molecule is CN=C(NCc1ccc(CN2CCCCC2)cc1)NCc1cccc(OCCOC)c1. The maximum Gasteiger partial charge on any atom is 0.191 e. The fourth-order valence-corrected chi connectivity index (χ4v) is 3.72. The summed E-state index contributed by atoms with van der Waals surface area (Å²) in [6.45, 7) is 6.07. The van der Waals surface area contributed by atoms with Gasteiger partial charge in [0.05, 0.1) is 6.61 Å². The van der Waals surface area contributed by atoms with Crippen LogP contribution in [0.4, 0.5) is 0 Å². The molecule has 0 amide bonds. The van der Waals surface area contributed by atoms with Gasteiger partial charge in [0, 0.05) is 33.8 Å². The van der Waals surface area contributed by atoms with Crippen LogP contribution < -0.4 is 15.4 Å². The highest BCUT2D eigenvalue weighted by Gasteiger charge is 2.10. The molecule has 1 saturated heterocycles. The van der Waals surface area contributed by atoms with Gasteiger partial charge in [-0.3, -0.25) is 9.89 Å². The van der Waals surface area contributed by atoms with E-state index in [0.717, 1.165) is 30.4 Å². The van der Waals surface area contributed by atoms with Crippen molar-refractivity contribution in [2.75, 3.05) is 40.5 Å². The first kappa shape index (κ1) is 23.1. The zero-order chi connectivity index (χ0) is 21.7. The molecule has 0 aliphatic carbocycles. The Labute approximate surface area is 186 Å². The number of likely N-dealkylation sites (tertiary alicyclic amines) is 1. The summed E-state index contributed by atoms with van der Waals surface area (Å²) in [6, 6.07) is 17.0. The molecule has 6 heteroatoms. The summed E-state index contributed by atoms with van der Waals surface area (Å²) in [5.41, 5.74) is 3.78. The van der Waals surface area contributed by atoms with Crippen LogP contribution in [-0.2, 0) is 24.4 Å². The quantitative estimate of drug-likeness (QED) is 0.347. The average molecular weight is 425 g/mol. The second-order valence-electron chi connectivity index (χ2n) is 7.92. The van der Waals surface area contributed by atoms with Crippen LogP contribution >= 0.6 is 0 Å². The molecule has 3 rings (SSSR count).